The summed E-state index contributed by atoms with van der Waals surface area (Å²) in [4.78, 5) is 42.0. The number of fused-ring (bicyclic) bond motifs is 5. The first-order valence-corrected chi connectivity index (χ1v) is 10.5. The summed E-state index contributed by atoms with van der Waals surface area (Å²) in [6.07, 6.45) is 2.99. The molecule has 0 saturated heterocycles. The van der Waals surface area contributed by atoms with Gasteiger partial charge in [-0.1, -0.05) is 0 Å². The van der Waals surface area contributed by atoms with Crippen molar-refractivity contribution >= 4 is 39.3 Å². The number of hydroxylamine groups is 1. The zero-order valence-electron chi connectivity index (χ0n) is 18.0. The highest BCUT2D eigenvalue weighted by molar-refractivity contribution is 6.20. The van der Waals surface area contributed by atoms with Crippen molar-refractivity contribution in [2.24, 2.45) is 0 Å². The number of hydrogen-bond donors (Lipinski definition) is 1. The van der Waals surface area contributed by atoms with E-state index >= 15 is 0 Å². The average Bonchev–Trinajstić information content (AvgIpc) is 3.42. The van der Waals surface area contributed by atoms with Crippen molar-refractivity contribution in [3.05, 3.63) is 77.4 Å². The predicted molar refractivity (Wildman–Crippen MR) is 120 cm³/mol. The van der Waals surface area contributed by atoms with Crippen LogP contribution in [0.15, 0.2) is 64.9 Å². The van der Waals surface area contributed by atoms with E-state index in [2.05, 4.69) is 10.0 Å². The Kier molecular flexibility index (Phi) is 4.97. The predicted octanol–water partition coefficient (Wildman–Crippen LogP) is 4.17. The number of aryl methyl sites for hydroxylation is 1. The highest BCUT2D eigenvalue weighted by atomic mass is 16.7. The van der Waals surface area contributed by atoms with Gasteiger partial charge in [0.25, 0.3) is 0 Å². The second-order valence-corrected chi connectivity index (χ2v) is 7.57. The lowest BCUT2D eigenvalue weighted by Gasteiger charge is -2.10. The molecular formula is C25H20N2O6. The zero-order valence-corrected chi connectivity index (χ0v) is 18.0. The minimum Gasteiger partial charge on any atom is -0.488 e. The van der Waals surface area contributed by atoms with Gasteiger partial charge in [0.05, 0.1) is 22.7 Å². The highest BCUT2D eigenvalue weighted by Gasteiger charge is 2.26. The van der Waals surface area contributed by atoms with Gasteiger partial charge in [0.15, 0.2) is 5.76 Å². The van der Waals surface area contributed by atoms with Gasteiger partial charge in [-0.3, -0.25) is 14.4 Å². The molecule has 0 aliphatic carbocycles. The number of carbonyl (C=O) groups excluding carboxylic acids is 3. The summed E-state index contributed by atoms with van der Waals surface area (Å²) in [5, 5.41) is 1.54. The summed E-state index contributed by atoms with van der Waals surface area (Å²) in [5.74, 6) is -0.472. The van der Waals surface area contributed by atoms with Crippen LogP contribution >= 0.6 is 0 Å². The van der Waals surface area contributed by atoms with Gasteiger partial charge in [0, 0.05) is 29.9 Å². The molecule has 3 heterocycles. The molecule has 0 atom stereocenters. The molecule has 0 radical (unpaired) electrons. The first kappa shape index (κ1) is 20.6. The van der Waals surface area contributed by atoms with Crippen LogP contribution in [0.25, 0.3) is 21.8 Å². The van der Waals surface area contributed by atoms with E-state index in [1.165, 1.54) is 19.3 Å². The van der Waals surface area contributed by atoms with Crippen LogP contribution in [0.4, 0.5) is 0 Å². The number of aromatic nitrogens is 1. The van der Waals surface area contributed by atoms with Gasteiger partial charge in [-0.25, -0.2) is 5.48 Å². The number of nitrogens with one attached hydrogen (secondary N) is 1. The SMILES string of the molecule is CCn1c2ccc(C(=O)c3ccco3)cc2c2c3c(ccc21)C(=O)C(NOC(C)=O)=CCO3. The van der Waals surface area contributed by atoms with Gasteiger partial charge in [0.1, 0.15) is 18.1 Å². The first-order chi connectivity index (χ1) is 16.0. The zero-order chi connectivity index (χ0) is 23.1. The number of carbonyl (C=O) groups is 3. The Labute approximate surface area is 188 Å². The molecule has 2 aromatic heterocycles. The lowest BCUT2D eigenvalue weighted by atomic mass is 10.0. The van der Waals surface area contributed by atoms with E-state index in [0.717, 1.165) is 21.8 Å². The van der Waals surface area contributed by atoms with Crippen molar-refractivity contribution in [1.29, 1.82) is 0 Å². The van der Waals surface area contributed by atoms with Crippen molar-refractivity contribution in [1.82, 2.24) is 10.0 Å². The Morgan fingerprint density at radius 1 is 1.15 bits per heavy atom. The van der Waals surface area contributed by atoms with Crippen LogP contribution in [0.1, 0.15) is 40.3 Å². The van der Waals surface area contributed by atoms with E-state index in [0.29, 0.717) is 23.4 Å². The summed E-state index contributed by atoms with van der Waals surface area (Å²) in [6, 6.07) is 12.3. The van der Waals surface area contributed by atoms with Crippen LogP contribution in [0.2, 0.25) is 0 Å². The van der Waals surface area contributed by atoms with E-state index < -0.39 is 5.97 Å². The summed E-state index contributed by atoms with van der Waals surface area (Å²) in [7, 11) is 0. The van der Waals surface area contributed by atoms with Gasteiger partial charge < -0.3 is 18.6 Å². The third kappa shape index (κ3) is 3.36. The summed E-state index contributed by atoms with van der Waals surface area (Å²) in [5.41, 5.74) is 5.15. The lowest BCUT2D eigenvalue weighted by Crippen LogP contribution is -2.23. The smallest absolute Gasteiger partial charge is 0.329 e. The van der Waals surface area contributed by atoms with Crippen LogP contribution in [-0.2, 0) is 16.2 Å². The van der Waals surface area contributed by atoms with E-state index in [1.54, 1.807) is 30.3 Å². The fraction of sp³-hybridized carbons (Fsp3) is 0.160. The number of hydrogen-bond acceptors (Lipinski definition) is 7. The molecule has 8 heteroatoms. The normalized spacial score (nSPS) is 13.3. The minimum absolute atomic E-state index is 0.102. The van der Waals surface area contributed by atoms with Gasteiger partial charge >= 0.3 is 5.97 Å². The number of Topliss-reactive ketones (excluding diaryl/α,β-unsaturated/α-hetero) is 1. The number of furan rings is 1. The molecule has 0 bridgehead atoms. The largest absolute Gasteiger partial charge is 0.488 e. The fourth-order valence-electron chi connectivity index (χ4n) is 4.18. The first-order valence-electron chi connectivity index (χ1n) is 10.5. The molecule has 0 spiro atoms. The molecular weight excluding hydrogens is 424 g/mol. The molecule has 8 nitrogen and oxygen atoms in total. The summed E-state index contributed by atoms with van der Waals surface area (Å²) < 4.78 is 13.4. The maximum absolute atomic E-state index is 13.2. The molecule has 33 heavy (non-hydrogen) atoms. The van der Waals surface area contributed by atoms with Crippen LogP contribution < -0.4 is 10.2 Å². The topological polar surface area (TPSA) is 99.8 Å². The lowest BCUT2D eigenvalue weighted by molar-refractivity contribution is -0.146. The highest BCUT2D eigenvalue weighted by Crippen LogP contribution is 2.40. The van der Waals surface area contributed by atoms with Crippen molar-refractivity contribution in [3.63, 3.8) is 0 Å². The Bertz CT molecular complexity index is 1460. The average molecular weight is 444 g/mol. The molecule has 0 fully saturated rings. The third-order valence-corrected chi connectivity index (χ3v) is 5.62. The van der Waals surface area contributed by atoms with Gasteiger partial charge in [-0.05, 0) is 55.5 Å². The van der Waals surface area contributed by atoms with Crippen LogP contribution in [-0.4, -0.2) is 28.7 Å². The Morgan fingerprint density at radius 3 is 2.70 bits per heavy atom. The minimum atomic E-state index is -0.565. The molecule has 0 saturated carbocycles. The number of nitrogens with zero attached hydrogens (tertiary/aromatic N) is 1. The Hall–Kier alpha value is -4.33. The monoisotopic (exact) mass is 444 g/mol. The van der Waals surface area contributed by atoms with Gasteiger partial charge in [-0.15, -0.1) is 0 Å². The Balaban J connectivity index is 1.70. The maximum atomic E-state index is 13.2. The second kappa shape index (κ2) is 7.98. The molecule has 5 rings (SSSR count). The van der Waals surface area contributed by atoms with Crippen molar-refractivity contribution in [2.45, 2.75) is 20.4 Å². The number of allylic oxidation sites excluding steroid dienone is 1. The second-order valence-electron chi connectivity index (χ2n) is 7.57. The van der Waals surface area contributed by atoms with E-state index in [1.807, 2.05) is 19.1 Å². The van der Waals surface area contributed by atoms with Crippen molar-refractivity contribution < 1.29 is 28.4 Å². The molecule has 1 aliphatic heterocycles. The molecule has 0 amide bonds. The van der Waals surface area contributed by atoms with Crippen molar-refractivity contribution in [2.75, 3.05) is 6.61 Å². The van der Waals surface area contributed by atoms with Crippen molar-refractivity contribution in [3.8, 4) is 5.75 Å². The van der Waals surface area contributed by atoms with E-state index in [9.17, 15) is 14.4 Å². The quantitative estimate of drug-likeness (QED) is 0.364. The van der Waals surface area contributed by atoms with E-state index in [4.69, 9.17) is 14.0 Å². The summed E-state index contributed by atoms with van der Waals surface area (Å²) >= 11 is 0. The third-order valence-electron chi connectivity index (χ3n) is 5.62. The molecule has 1 N–H and O–H groups in total. The molecule has 166 valence electrons. The van der Waals surface area contributed by atoms with Gasteiger partial charge in [0.2, 0.25) is 11.6 Å². The number of ether oxygens (including phenoxy) is 1. The fourth-order valence-corrected chi connectivity index (χ4v) is 4.18. The molecule has 2 aromatic carbocycles. The standard InChI is InChI=1S/C25H20N2O6/c1-3-27-19-8-6-15(23(29)21-5-4-11-31-21)13-17(19)22-20(27)9-7-16-24(30)18(26-33-14(2)28)10-12-32-25(16)22/h4-11,13,26H,3,12H2,1-2H3. The van der Waals surface area contributed by atoms with Crippen LogP contribution in [0.5, 0.6) is 5.75 Å². The molecule has 4 aromatic rings. The number of benzene rings is 2. The van der Waals surface area contributed by atoms with Crippen LogP contribution in [0.3, 0.4) is 0 Å². The molecule has 1 aliphatic rings. The Morgan fingerprint density at radius 2 is 1.97 bits per heavy atom. The number of rotatable bonds is 5. The van der Waals surface area contributed by atoms with Gasteiger partial charge in [-0.2, -0.15) is 0 Å². The molecule has 0 unspecified atom stereocenters. The summed E-state index contributed by atoms with van der Waals surface area (Å²) in [6.45, 7) is 4.06. The number of ketones is 2. The van der Waals surface area contributed by atoms with E-state index in [-0.39, 0.29) is 29.6 Å². The maximum Gasteiger partial charge on any atom is 0.329 e. The van der Waals surface area contributed by atoms with Crippen LogP contribution in [0, 0.1) is 0 Å².